The second-order valence-corrected chi connectivity index (χ2v) is 8.55. The summed E-state index contributed by atoms with van der Waals surface area (Å²) in [6.07, 6.45) is 0.106. The minimum atomic E-state index is -1.19. The van der Waals surface area contributed by atoms with Gasteiger partial charge in [-0.25, -0.2) is 4.98 Å². The maximum Gasteiger partial charge on any atom is 0.308 e. The predicted octanol–water partition coefficient (Wildman–Crippen LogP) is 4.43. The minimum Gasteiger partial charge on any atom is -0.495 e. The first-order valence-electron chi connectivity index (χ1n) is 10.3. The Morgan fingerprint density at radius 3 is 2.71 bits per heavy atom. The van der Waals surface area contributed by atoms with Gasteiger partial charge in [0.2, 0.25) is 6.10 Å². The van der Waals surface area contributed by atoms with E-state index < -0.39 is 18.0 Å². The molecule has 10 heteroatoms. The molecule has 0 radical (unpaired) electrons. The van der Waals surface area contributed by atoms with Gasteiger partial charge in [-0.2, -0.15) is 0 Å². The molecule has 0 aliphatic rings. The number of rotatable bonds is 8. The van der Waals surface area contributed by atoms with E-state index in [-0.39, 0.29) is 18.5 Å². The average Bonchev–Trinajstić information content (AvgIpc) is 3.32. The number of carbonyl (C=O) groups excluding carboxylic acids is 2. The highest BCUT2D eigenvalue weighted by molar-refractivity contribution is 7.16. The second-order valence-electron chi connectivity index (χ2n) is 7.25. The summed E-state index contributed by atoms with van der Waals surface area (Å²) in [4.78, 5) is 43.1. The average molecular weight is 498 g/mol. The number of esters is 1. The van der Waals surface area contributed by atoms with E-state index in [2.05, 4.69) is 10.3 Å². The zero-order valence-corrected chi connectivity index (χ0v) is 19.6. The van der Waals surface area contributed by atoms with Crippen molar-refractivity contribution in [2.24, 2.45) is 0 Å². The van der Waals surface area contributed by atoms with Crippen LogP contribution in [0.1, 0.15) is 18.1 Å². The van der Waals surface area contributed by atoms with Gasteiger partial charge in [-0.05, 0) is 29.6 Å². The summed E-state index contributed by atoms with van der Waals surface area (Å²) >= 11 is 7.51. The normalized spacial score (nSPS) is 11.7. The quantitative estimate of drug-likeness (QED) is 0.361. The minimum absolute atomic E-state index is 0.0771. The first kappa shape index (κ1) is 23.5. The molecule has 8 nitrogen and oxygen atoms in total. The standard InChI is InChI=1S/C24H20ClN3O5S/c1-32-19-8-7-16(13-18(19)25)27-22(30)21(15-5-3-2-4-6-15)33-20(29)9-11-28-14-26-23-17(24(28)31)10-12-34-23/h2-8,10,12-14,21H,9,11H2,1H3,(H,27,30). The summed E-state index contributed by atoms with van der Waals surface area (Å²) in [5.41, 5.74) is 0.703. The van der Waals surface area contributed by atoms with Crippen molar-refractivity contribution in [2.75, 3.05) is 12.4 Å². The van der Waals surface area contributed by atoms with Crippen molar-refractivity contribution in [1.82, 2.24) is 9.55 Å². The first-order chi connectivity index (χ1) is 16.5. The fourth-order valence-electron chi connectivity index (χ4n) is 3.31. The molecule has 0 spiro atoms. The highest BCUT2D eigenvalue weighted by Gasteiger charge is 2.25. The van der Waals surface area contributed by atoms with E-state index in [1.54, 1.807) is 60.0 Å². The van der Waals surface area contributed by atoms with Crippen LogP contribution in [-0.2, 0) is 20.9 Å². The van der Waals surface area contributed by atoms with Gasteiger partial charge >= 0.3 is 5.97 Å². The Hall–Kier alpha value is -3.69. The van der Waals surface area contributed by atoms with Gasteiger partial charge in [-0.3, -0.25) is 19.0 Å². The van der Waals surface area contributed by atoms with Gasteiger partial charge in [-0.1, -0.05) is 41.9 Å². The van der Waals surface area contributed by atoms with E-state index in [0.717, 1.165) is 0 Å². The second kappa shape index (κ2) is 10.5. The summed E-state index contributed by atoms with van der Waals surface area (Å²) < 4.78 is 12.0. The Balaban J connectivity index is 1.47. The number of benzene rings is 2. The van der Waals surface area contributed by atoms with Gasteiger partial charge in [0.25, 0.3) is 11.5 Å². The van der Waals surface area contributed by atoms with Crippen LogP contribution in [0.25, 0.3) is 10.2 Å². The molecule has 2 aromatic carbocycles. The van der Waals surface area contributed by atoms with E-state index in [1.165, 1.54) is 29.3 Å². The third-order valence-electron chi connectivity index (χ3n) is 5.02. The van der Waals surface area contributed by atoms with Crippen LogP contribution in [0.15, 0.2) is 71.1 Å². The molecule has 0 aliphatic carbocycles. The maximum absolute atomic E-state index is 13.0. The lowest BCUT2D eigenvalue weighted by atomic mass is 10.1. The number of halogens is 1. The van der Waals surface area contributed by atoms with Gasteiger partial charge in [0.15, 0.2) is 0 Å². The molecule has 0 saturated heterocycles. The summed E-state index contributed by atoms with van der Waals surface area (Å²) in [6, 6.07) is 15.2. The van der Waals surface area contributed by atoms with E-state index in [0.29, 0.717) is 32.2 Å². The number of hydrogen-bond donors (Lipinski definition) is 1. The van der Waals surface area contributed by atoms with Crippen molar-refractivity contribution in [3.8, 4) is 5.75 Å². The number of anilines is 1. The molecule has 4 aromatic rings. The molecular formula is C24H20ClN3O5S. The molecule has 174 valence electrons. The number of ether oxygens (including phenoxy) is 2. The number of fused-ring (bicyclic) bond motifs is 1. The zero-order valence-electron chi connectivity index (χ0n) is 18.1. The van der Waals surface area contributed by atoms with Crippen LogP contribution in [0.2, 0.25) is 5.02 Å². The van der Waals surface area contributed by atoms with Gasteiger partial charge in [-0.15, -0.1) is 11.3 Å². The fraction of sp³-hybridized carbons (Fsp3) is 0.167. The first-order valence-corrected chi connectivity index (χ1v) is 11.5. The Kier molecular flexibility index (Phi) is 7.24. The number of carbonyl (C=O) groups is 2. The van der Waals surface area contributed by atoms with Crippen LogP contribution in [0, 0.1) is 0 Å². The molecule has 2 aromatic heterocycles. The number of thiophene rings is 1. The summed E-state index contributed by atoms with van der Waals surface area (Å²) in [7, 11) is 1.49. The number of nitrogens with zero attached hydrogens (tertiary/aromatic N) is 2. The lowest BCUT2D eigenvalue weighted by Gasteiger charge is -2.18. The molecule has 34 heavy (non-hydrogen) atoms. The van der Waals surface area contributed by atoms with Crippen LogP contribution in [0.3, 0.4) is 0 Å². The summed E-state index contributed by atoms with van der Waals surface area (Å²) in [5.74, 6) is -0.704. The lowest BCUT2D eigenvalue weighted by Crippen LogP contribution is -2.27. The van der Waals surface area contributed by atoms with Gasteiger partial charge in [0.1, 0.15) is 10.6 Å². The van der Waals surface area contributed by atoms with Crippen LogP contribution in [0.5, 0.6) is 5.75 Å². The van der Waals surface area contributed by atoms with Crippen LogP contribution in [-0.4, -0.2) is 28.5 Å². The smallest absolute Gasteiger partial charge is 0.308 e. The Morgan fingerprint density at radius 1 is 1.18 bits per heavy atom. The summed E-state index contributed by atoms with van der Waals surface area (Å²) in [5, 5.41) is 5.34. The van der Waals surface area contributed by atoms with Crippen molar-refractivity contribution in [2.45, 2.75) is 19.1 Å². The maximum atomic E-state index is 13.0. The SMILES string of the molecule is COc1ccc(NC(=O)C(OC(=O)CCn2cnc3sccc3c2=O)c2ccccc2)cc1Cl. The molecule has 0 fully saturated rings. The molecule has 1 amide bonds. The van der Waals surface area contributed by atoms with Crippen LogP contribution in [0.4, 0.5) is 5.69 Å². The Bertz CT molecular complexity index is 1390. The van der Waals surface area contributed by atoms with E-state index >= 15 is 0 Å². The monoisotopic (exact) mass is 497 g/mol. The topological polar surface area (TPSA) is 99.5 Å². The number of aromatic nitrogens is 2. The third-order valence-corrected chi connectivity index (χ3v) is 6.13. The van der Waals surface area contributed by atoms with Crippen molar-refractivity contribution in [1.29, 1.82) is 0 Å². The molecule has 1 N–H and O–H groups in total. The number of amides is 1. The molecular weight excluding hydrogens is 478 g/mol. The molecule has 1 atom stereocenters. The number of hydrogen-bond acceptors (Lipinski definition) is 7. The fourth-order valence-corrected chi connectivity index (χ4v) is 4.29. The van der Waals surface area contributed by atoms with Crippen LogP contribution >= 0.6 is 22.9 Å². The third kappa shape index (κ3) is 5.27. The van der Waals surface area contributed by atoms with Crippen molar-refractivity contribution in [3.63, 3.8) is 0 Å². The van der Waals surface area contributed by atoms with Crippen LogP contribution < -0.4 is 15.6 Å². The van der Waals surface area contributed by atoms with Gasteiger partial charge in [0, 0.05) is 17.8 Å². The Labute approximate surface area is 203 Å². The van der Waals surface area contributed by atoms with E-state index in [1.807, 2.05) is 0 Å². The van der Waals surface area contributed by atoms with Crippen molar-refractivity contribution in [3.05, 3.63) is 87.2 Å². The largest absolute Gasteiger partial charge is 0.495 e. The Morgan fingerprint density at radius 2 is 1.97 bits per heavy atom. The predicted molar refractivity (Wildman–Crippen MR) is 130 cm³/mol. The molecule has 2 heterocycles. The van der Waals surface area contributed by atoms with Crippen molar-refractivity contribution >= 4 is 50.7 Å². The number of nitrogens with one attached hydrogen (secondary N) is 1. The number of methoxy groups -OCH3 is 1. The number of aryl methyl sites for hydroxylation is 1. The van der Waals surface area contributed by atoms with E-state index in [4.69, 9.17) is 21.1 Å². The van der Waals surface area contributed by atoms with E-state index in [9.17, 15) is 14.4 Å². The highest BCUT2D eigenvalue weighted by Crippen LogP contribution is 2.28. The van der Waals surface area contributed by atoms with Gasteiger partial charge in [0.05, 0.1) is 30.3 Å². The molecule has 4 rings (SSSR count). The molecule has 0 aliphatic heterocycles. The molecule has 1 unspecified atom stereocenters. The summed E-state index contributed by atoms with van der Waals surface area (Å²) in [6.45, 7) is 0.0771. The highest BCUT2D eigenvalue weighted by atomic mass is 35.5. The van der Waals surface area contributed by atoms with Gasteiger partial charge < -0.3 is 14.8 Å². The lowest BCUT2D eigenvalue weighted by molar-refractivity contribution is -0.155. The molecule has 0 saturated carbocycles. The molecule has 0 bridgehead atoms. The van der Waals surface area contributed by atoms with Crippen molar-refractivity contribution < 1.29 is 19.1 Å². The zero-order chi connectivity index (χ0) is 24.1.